The molecule has 1 unspecified atom stereocenters. The Kier molecular flexibility index (Phi) is 4.55. The van der Waals surface area contributed by atoms with Gasteiger partial charge in [0.25, 0.3) is 0 Å². The van der Waals surface area contributed by atoms with Crippen LogP contribution >= 0.6 is 15.9 Å². The van der Waals surface area contributed by atoms with E-state index in [0.29, 0.717) is 0 Å². The van der Waals surface area contributed by atoms with Crippen LogP contribution in [0.4, 0.5) is 0 Å². The minimum atomic E-state index is 0.110. The van der Waals surface area contributed by atoms with Crippen LogP contribution in [0.3, 0.4) is 0 Å². The molecule has 15 heavy (non-hydrogen) atoms. The molecule has 0 aliphatic carbocycles. The molecule has 1 atom stereocenters. The van der Waals surface area contributed by atoms with Crippen LogP contribution in [0.1, 0.15) is 36.9 Å². The van der Waals surface area contributed by atoms with Gasteiger partial charge in [-0.3, -0.25) is 0 Å². The van der Waals surface area contributed by atoms with Crippen LogP contribution in [0, 0.1) is 6.92 Å². The minimum Gasteiger partial charge on any atom is -0.324 e. The molecule has 0 saturated heterocycles. The second-order valence-electron chi connectivity index (χ2n) is 4.11. The number of aryl methyl sites for hydroxylation is 1. The maximum atomic E-state index is 6.10. The van der Waals surface area contributed by atoms with Crippen LogP contribution in [0.2, 0.25) is 0 Å². The summed E-state index contributed by atoms with van der Waals surface area (Å²) in [6, 6.07) is 6.42. The van der Waals surface area contributed by atoms with Crippen molar-refractivity contribution in [2.75, 3.05) is 0 Å². The Morgan fingerprint density at radius 1 is 1.53 bits per heavy atom. The van der Waals surface area contributed by atoms with Crippen molar-refractivity contribution in [3.05, 3.63) is 46.0 Å². The molecule has 0 aliphatic heterocycles. The van der Waals surface area contributed by atoms with Crippen molar-refractivity contribution in [2.45, 2.75) is 32.7 Å². The predicted octanol–water partition coefficient (Wildman–Crippen LogP) is 4.11. The van der Waals surface area contributed by atoms with E-state index in [1.807, 2.05) is 6.92 Å². The molecular formula is C13H18BrN. The summed E-state index contributed by atoms with van der Waals surface area (Å²) in [6.45, 7) is 8.00. The van der Waals surface area contributed by atoms with Gasteiger partial charge in [0.15, 0.2) is 0 Å². The average Bonchev–Trinajstić information content (AvgIpc) is 2.18. The van der Waals surface area contributed by atoms with E-state index < -0.39 is 0 Å². The van der Waals surface area contributed by atoms with E-state index in [-0.39, 0.29) is 6.04 Å². The smallest absolute Gasteiger partial charge is 0.0298 e. The highest BCUT2D eigenvalue weighted by Crippen LogP contribution is 2.23. The van der Waals surface area contributed by atoms with Gasteiger partial charge in [-0.1, -0.05) is 33.6 Å². The van der Waals surface area contributed by atoms with Gasteiger partial charge in [-0.25, -0.2) is 0 Å². The molecule has 0 fully saturated rings. The summed E-state index contributed by atoms with van der Waals surface area (Å²) >= 11 is 3.52. The highest BCUT2D eigenvalue weighted by molar-refractivity contribution is 9.10. The van der Waals surface area contributed by atoms with Crippen molar-refractivity contribution in [2.24, 2.45) is 5.73 Å². The van der Waals surface area contributed by atoms with Gasteiger partial charge in [-0.15, -0.1) is 6.58 Å². The molecule has 2 heteroatoms. The van der Waals surface area contributed by atoms with Gasteiger partial charge in [-0.05, 0) is 43.9 Å². The molecule has 1 aromatic carbocycles. The summed E-state index contributed by atoms with van der Waals surface area (Å²) in [6.07, 6.45) is 1.96. The summed E-state index contributed by atoms with van der Waals surface area (Å²) in [7, 11) is 0. The monoisotopic (exact) mass is 267 g/mol. The fourth-order valence-electron chi connectivity index (χ4n) is 1.41. The molecule has 1 nitrogen and oxygen atoms in total. The Hall–Kier alpha value is -0.600. The predicted molar refractivity (Wildman–Crippen MR) is 69.9 cm³/mol. The van der Waals surface area contributed by atoms with Gasteiger partial charge in [0.2, 0.25) is 0 Å². The highest BCUT2D eigenvalue weighted by atomic mass is 79.9. The van der Waals surface area contributed by atoms with Crippen molar-refractivity contribution >= 4 is 15.9 Å². The topological polar surface area (TPSA) is 26.0 Å². The molecule has 0 saturated carbocycles. The molecule has 1 aromatic rings. The second kappa shape index (κ2) is 5.47. The van der Waals surface area contributed by atoms with Gasteiger partial charge >= 0.3 is 0 Å². The molecule has 0 bridgehead atoms. The molecule has 0 spiro atoms. The van der Waals surface area contributed by atoms with E-state index in [1.165, 1.54) is 16.7 Å². The third kappa shape index (κ3) is 3.80. The van der Waals surface area contributed by atoms with E-state index in [0.717, 1.165) is 17.3 Å². The summed E-state index contributed by atoms with van der Waals surface area (Å²) in [5.41, 5.74) is 9.72. The van der Waals surface area contributed by atoms with Crippen LogP contribution < -0.4 is 5.73 Å². The van der Waals surface area contributed by atoms with Crippen LogP contribution in [0.25, 0.3) is 0 Å². The first kappa shape index (κ1) is 12.5. The first-order valence-electron chi connectivity index (χ1n) is 5.16. The zero-order chi connectivity index (χ0) is 11.4. The molecular weight excluding hydrogens is 250 g/mol. The quantitative estimate of drug-likeness (QED) is 0.817. The van der Waals surface area contributed by atoms with E-state index in [2.05, 4.69) is 47.6 Å². The molecule has 0 radical (unpaired) electrons. The normalized spacial score (nSPS) is 12.5. The van der Waals surface area contributed by atoms with E-state index in [1.54, 1.807) is 0 Å². The van der Waals surface area contributed by atoms with Gasteiger partial charge in [0, 0.05) is 10.5 Å². The summed E-state index contributed by atoms with van der Waals surface area (Å²) in [5, 5.41) is 0. The largest absolute Gasteiger partial charge is 0.324 e. The zero-order valence-electron chi connectivity index (χ0n) is 9.39. The molecule has 0 aromatic heterocycles. The van der Waals surface area contributed by atoms with Crippen LogP contribution in [-0.4, -0.2) is 0 Å². The van der Waals surface area contributed by atoms with Gasteiger partial charge in [0.05, 0.1) is 0 Å². The van der Waals surface area contributed by atoms with Crippen LogP contribution in [0.15, 0.2) is 34.8 Å². The van der Waals surface area contributed by atoms with E-state index in [4.69, 9.17) is 5.73 Å². The maximum Gasteiger partial charge on any atom is 0.0298 e. The second-order valence-corrected chi connectivity index (χ2v) is 4.97. The fourth-order valence-corrected chi connectivity index (χ4v) is 1.80. The number of rotatable bonds is 4. The van der Waals surface area contributed by atoms with Gasteiger partial charge in [-0.2, -0.15) is 0 Å². The Morgan fingerprint density at radius 3 is 2.73 bits per heavy atom. The molecule has 0 aliphatic rings. The average molecular weight is 268 g/mol. The van der Waals surface area contributed by atoms with E-state index >= 15 is 0 Å². The number of nitrogens with two attached hydrogens (primary N) is 1. The maximum absolute atomic E-state index is 6.10. The van der Waals surface area contributed by atoms with Gasteiger partial charge in [0.1, 0.15) is 0 Å². The Morgan fingerprint density at radius 2 is 2.20 bits per heavy atom. The molecule has 2 N–H and O–H groups in total. The van der Waals surface area contributed by atoms with Crippen molar-refractivity contribution in [1.82, 2.24) is 0 Å². The number of allylic oxidation sites excluding steroid dienone is 1. The number of halogens is 1. The zero-order valence-corrected chi connectivity index (χ0v) is 11.0. The lowest BCUT2D eigenvalue weighted by atomic mass is 10.00. The molecule has 1 rings (SSSR count). The van der Waals surface area contributed by atoms with Crippen molar-refractivity contribution in [3.8, 4) is 0 Å². The Balaban J connectivity index is 2.69. The Bertz CT molecular complexity index is 358. The van der Waals surface area contributed by atoms with Crippen molar-refractivity contribution < 1.29 is 0 Å². The molecule has 0 heterocycles. The summed E-state index contributed by atoms with van der Waals surface area (Å²) < 4.78 is 1.13. The first-order valence-corrected chi connectivity index (χ1v) is 5.96. The third-order valence-corrected chi connectivity index (χ3v) is 3.36. The van der Waals surface area contributed by atoms with Crippen molar-refractivity contribution in [1.29, 1.82) is 0 Å². The van der Waals surface area contributed by atoms with E-state index in [9.17, 15) is 0 Å². The van der Waals surface area contributed by atoms with Crippen LogP contribution in [0.5, 0.6) is 0 Å². The molecule has 0 amide bonds. The van der Waals surface area contributed by atoms with Crippen LogP contribution in [-0.2, 0) is 0 Å². The highest BCUT2D eigenvalue weighted by Gasteiger charge is 2.07. The standard InChI is InChI=1S/C13H18BrN/c1-9(2)4-7-13(15)11-6-5-10(3)12(14)8-11/h5-6,8,13H,1,4,7,15H2,2-3H3. The van der Waals surface area contributed by atoms with Crippen molar-refractivity contribution in [3.63, 3.8) is 0 Å². The summed E-state index contributed by atoms with van der Waals surface area (Å²) in [5.74, 6) is 0. The van der Waals surface area contributed by atoms with Gasteiger partial charge < -0.3 is 5.73 Å². The lowest BCUT2D eigenvalue weighted by Crippen LogP contribution is -2.10. The lowest BCUT2D eigenvalue weighted by molar-refractivity contribution is 0.648. The minimum absolute atomic E-state index is 0.110. The SMILES string of the molecule is C=C(C)CCC(N)c1ccc(C)c(Br)c1. The Labute approximate surface area is 101 Å². The summed E-state index contributed by atoms with van der Waals surface area (Å²) in [4.78, 5) is 0. The number of benzene rings is 1. The third-order valence-electron chi connectivity index (χ3n) is 2.51. The molecule has 82 valence electrons. The number of hydrogen-bond donors (Lipinski definition) is 1. The first-order chi connectivity index (χ1) is 7.00. The number of hydrogen-bond acceptors (Lipinski definition) is 1. The lowest BCUT2D eigenvalue weighted by Gasteiger charge is -2.13. The fraction of sp³-hybridized carbons (Fsp3) is 0.385.